The highest BCUT2D eigenvalue weighted by Crippen LogP contribution is 2.32. The maximum absolute atomic E-state index is 12.6. The van der Waals surface area contributed by atoms with E-state index in [2.05, 4.69) is 0 Å². The van der Waals surface area contributed by atoms with E-state index in [1.54, 1.807) is 0 Å². The largest absolute Gasteiger partial charge is 0.416 e. The first-order valence-electron chi connectivity index (χ1n) is 3.78. The summed E-state index contributed by atoms with van der Waals surface area (Å²) in [7, 11) is 1.00. The van der Waals surface area contributed by atoms with Crippen molar-refractivity contribution in [1.29, 1.82) is 0 Å². The Bertz CT molecular complexity index is 378. The zero-order valence-corrected chi connectivity index (χ0v) is 7.95. The van der Waals surface area contributed by atoms with Gasteiger partial charge in [0.05, 0.1) is 10.5 Å². The number of nitrogens with zero attached hydrogens (tertiary/aromatic N) is 1. The fourth-order valence-corrected chi connectivity index (χ4v) is 0.829. The average molecular weight is 241 g/mol. The average Bonchev–Trinajstić information content (AvgIpc) is 2.19. The third kappa shape index (κ3) is 3.46. The van der Waals surface area contributed by atoms with E-state index in [0.29, 0.717) is 12.1 Å². The predicted molar refractivity (Wildman–Crippen MR) is 46.2 cm³/mol. The number of benzene rings is 1. The molecule has 0 aliphatic heterocycles. The van der Waals surface area contributed by atoms with Gasteiger partial charge in [-0.25, -0.2) is 0 Å². The van der Waals surface area contributed by atoms with Gasteiger partial charge in [-0.15, -0.1) is 0 Å². The molecule has 0 heterocycles. The van der Waals surface area contributed by atoms with Gasteiger partial charge >= 0.3 is 11.9 Å². The van der Waals surface area contributed by atoms with Crippen LogP contribution in [0.5, 0.6) is 0 Å². The van der Waals surface area contributed by atoms with Crippen LogP contribution < -0.4 is 0 Å². The van der Waals surface area contributed by atoms with Gasteiger partial charge in [-0.1, -0.05) is 0 Å². The molecule has 4 nitrogen and oxygen atoms in total. The molecule has 0 bridgehead atoms. The van der Waals surface area contributed by atoms with E-state index >= 15 is 0 Å². The normalized spacial score (nSPS) is 10.4. The van der Waals surface area contributed by atoms with Crippen LogP contribution in [0.15, 0.2) is 18.2 Å². The molecule has 0 aliphatic carbocycles. The molecular weight excluding hydrogens is 234 g/mol. The first-order chi connectivity index (χ1) is 7.32. The third-order valence-corrected chi connectivity index (χ3v) is 1.47. The smallest absolute Gasteiger partial charge is 0.400 e. The zero-order chi connectivity index (χ0) is 12.9. The number of rotatable bonds is 1. The van der Waals surface area contributed by atoms with Gasteiger partial charge in [0.15, 0.2) is 0 Å². The molecule has 1 rings (SSSR count). The zero-order valence-electron chi connectivity index (χ0n) is 7.95. The topological polar surface area (TPSA) is 63.4 Å². The lowest BCUT2D eigenvalue weighted by Gasteiger charge is -2.05. The van der Waals surface area contributed by atoms with Crippen molar-refractivity contribution in [2.45, 2.75) is 6.18 Å². The fraction of sp³-hybridized carbons (Fsp3) is 0.250. The molecule has 0 radical (unpaired) electrons. The molecule has 0 aliphatic rings. The molecule has 0 spiro atoms. The van der Waals surface area contributed by atoms with Crippen LogP contribution in [0.1, 0.15) is 5.56 Å². The Hall–Kier alpha value is -1.70. The van der Waals surface area contributed by atoms with E-state index in [0.717, 1.165) is 7.11 Å². The summed E-state index contributed by atoms with van der Waals surface area (Å²) in [5.74, 6) is -1.29. The van der Waals surface area contributed by atoms with Crippen molar-refractivity contribution in [2.75, 3.05) is 7.11 Å². The molecule has 0 fully saturated rings. The van der Waals surface area contributed by atoms with Gasteiger partial charge in [0.25, 0.3) is 0 Å². The van der Waals surface area contributed by atoms with E-state index in [1.165, 1.54) is 0 Å². The van der Waals surface area contributed by atoms with Gasteiger partial charge in [-0.05, 0) is 12.1 Å². The SMILES string of the molecule is CO.O=[N+]([O-])c1cc(C(F)(F)F)ccc1F. The molecule has 16 heavy (non-hydrogen) atoms. The van der Waals surface area contributed by atoms with Crippen LogP contribution in [-0.2, 0) is 6.18 Å². The maximum atomic E-state index is 12.6. The minimum atomic E-state index is -4.71. The van der Waals surface area contributed by atoms with Crippen LogP contribution in [0.25, 0.3) is 0 Å². The maximum Gasteiger partial charge on any atom is 0.416 e. The van der Waals surface area contributed by atoms with Crippen molar-refractivity contribution in [3.8, 4) is 0 Å². The molecule has 8 heteroatoms. The van der Waals surface area contributed by atoms with Crippen LogP contribution in [-0.4, -0.2) is 17.1 Å². The highest BCUT2D eigenvalue weighted by Gasteiger charge is 2.33. The van der Waals surface area contributed by atoms with Gasteiger partial charge in [0.2, 0.25) is 5.82 Å². The summed E-state index contributed by atoms with van der Waals surface area (Å²) in [6.07, 6.45) is -4.71. The quantitative estimate of drug-likeness (QED) is 0.466. The van der Waals surface area contributed by atoms with Crippen molar-refractivity contribution in [1.82, 2.24) is 0 Å². The molecule has 0 saturated heterocycles. The Kier molecular flexibility index (Phi) is 4.83. The second-order valence-electron chi connectivity index (χ2n) is 2.42. The van der Waals surface area contributed by atoms with Crippen LogP contribution in [0.2, 0.25) is 0 Å². The van der Waals surface area contributed by atoms with Gasteiger partial charge in [-0.2, -0.15) is 17.6 Å². The second kappa shape index (κ2) is 5.40. The third-order valence-electron chi connectivity index (χ3n) is 1.47. The van der Waals surface area contributed by atoms with Crippen molar-refractivity contribution in [3.63, 3.8) is 0 Å². The van der Waals surface area contributed by atoms with Crippen LogP contribution in [0.4, 0.5) is 23.2 Å². The highest BCUT2D eigenvalue weighted by atomic mass is 19.4. The molecule has 0 amide bonds. The van der Waals surface area contributed by atoms with Crippen LogP contribution in [0, 0.1) is 15.9 Å². The van der Waals surface area contributed by atoms with Gasteiger partial charge in [0.1, 0.15) is 0 Å². The van der Waals surface area contributed by atoms with E-state index in [9.17, 15) is 27.7 Å². The summed E-state index contributed by atoms with van der Waals surface area (Å²) in [4.78, 5) is 8.90. The fourth-order valence-electron chi connectivity index (χ4n) is 0.829. The summed E-state index contributed by atoms with van der Waals surface area (Å²) in [5, 5.41) is 17.1. The van der Waals surface area contributed by atoms with Crippen LogP contribution in [0.3, 0.4) is 0 Å². The minimum absolute atomic E-state index is 0.162. The van der Waals surface area contributed by atoms with Gasteiger partial charge in [0, 0.05) is 13.2 Å². The lowest BCUT2D eigenvalue weighted by Crippen LogP contribution is -2.06. The monoisotopic (exact) mass is 241 g/mol. The van der Waals surface area contributed by atoms with E-state index in [4.69, 9.17) is 5.11 Å². The lowest BCUT2D eigenvalue weighted by molar-refractivity contribution is -0.387. The Morgan fingerprint density at radius 1 is 1.31 bits per heavy atom. The minimum Gasteiger partial charge on any atom is -0.400 e. The lowest BCUT2D eigenvalue weighted by atomic mass is 10.2. The number of hydrogen-bond donors (Lipinski definition) is 1. The number of halogens is 4. The van der Waals surface area contributed by atoms with Crippen molar-refractivity contribution >= 4 is 5.69 Å². The van der Waals surface area contributed by atoms with E-state index < -0.39 is 28.2 Å². The van der Waals surface area contributed by atoms with Gasteiger partial charge < -0.3 is 5.11 Å². The molecule has 0 atom stereocenters. The molecule has 1 N–H and O–H groups in total. The molecular formula is C8H7F4NO3. The summed E-state index contributed by atoms with van der Waals surface area (Å²) in [5.41, 5.74) is -2.43. The number of aliphatic hydroxyl groups excluding tert-OH is 1. The first-order valence-corrected chi connectivity index (χ1v) is 3.78. The molecule has 0 aromatic heterocycles. The Morgan fingerprint density at radius 3 is 2.19 bits per heavy atom. The first kappa shape index (κ1) is 14.3. The number of nitro benzene ring substituents is 1. The van der Waals surface area contributed by atoms with Crippen molar-refractivity contribution in [3.05, 3.63) is 39.7 Å². The number of aliphatic hydroxyl groups is 1. The highest BCUT2D eigenvalue weighted by molar-refractivity contribution is 5.37. The summed E-state index contributed by atoms with van der Waals surface area (Å²) >= 11 is 0. The number of alkyl halides is 3. The molecule has 0 unspecified atom stereocenters. The van der Waals surface area contributed by atoms with Crippen molar-refractivity contribution < 1.29 is 27.6 Å². The molecule has 90 valence electrons. The predicted octanol–water partition coefficient (Wildman–Crippen LogP) is 2.36. The van der Waals surface area contributed by atoms with Crippen LogP contribution >= 0.6 is 0 Å². The molecule has 0 saturated carbocycles. The van der Waals surface area contributed by atoms with Gasteiger partial charge in [-0.3, -0.25) is 10.1 Å². The summed E-state index contributed by atoms with van der Waals surface area (Å²) < 4.78 is 48.7. The van der Waals surface area contributed by atoms with E-state index in [-0.39, 0.29) is 6.07 Å². The second-order valence-corrected chi connectivity index (χ2v) is 2.42. The Morgan fingerprint density at radius 2 is 1.81 bits per heavy atom. The standard InChI is InChI=1S/C7H3F4NO2.CH4O/c8-5-2-1-4(7(9,10)11)3-6(5)12(13)14;1-2/h1-3H;2H,1H3. The molecule has 1 aromatic carbocycles. The number of hydrogen-bond acceptors (Lipinski definition) is 3. The Balaban J connectivity index is 0.00000106. The summed E-state index contributed by atoms with van der Waals surface area (Å²) in [6, 6.07) is 1.03. The van der Waals surface area contributed by atoms with E-state index in [1.807, 2.05) is 0 Å². The summed E-state index contributed by atoms with van der Waals surface area (Å²) in [6.45, 7) is 0. The number of nitro groups is 1. The Labute approximate surface area is 87.3 Å². The van der Waals surface area contributed by atoms with Crippen molar-refractivity contribution in [2.24, 2.45) is 0 Å². The molecule has 1 aromatic rings.